The molecule has 0 aromatic carbocycles. The van der Waals surface area contributed by atoms with E-state index < -0.39 is 0 Å². The van der Waals surface area contributed by atoms with Crippen molar-refractivity contribution in [1.82, 2.24) is 5.32 Å². The highest BCUT2D eigenvalue weighted by Gasteiger charge is 2.27. The molecule has 18 heavy (non-hydrogen) atoms. The van der Waals surface area contributed by atoms with Gasteiger partial charge in [0.1, 0.15) is 0 Å². The predicted octanol–water partition coefficient (Wildman–Crippen LogP) is 1.61. The van der Waals surface area contributed by atoms with E-state index in [0.29, 0.717) is 6.10 Å². The van der Waals surface area contributed by atoms with E-state index in [2.05, 4.69) is 5.32 Å². The first-order chi connectivity index (χ1) is 8.25. The van der Waals surface area contributed by atoms with Gasteiger partial charge in [-0.25, -0.2) is 0 Å². The van der Waals surface area contributed by atoms with Gasteiger partial charge in [0.25, 0.3) is 0 Å². The number of nitrogens with two attached hydrogens (primary N) is 1. The molecule has 5 heteroatoms. The molecule has 1 aliphatic carbocycles. The molecule has 3 atom stereocenters. The van der Waals surface area contributed by atoms with Gasteiger partial charge in [-0.2, -0.15) is 0 Å². The second-order valence-electron chi connectivity index (χ2n) is 5.34. The van der Waals surface area contributed by atoms with Crippen molar-refractivity contribution in [3.8, 4) is 0 Å². The molecule has 2 aliphatic rings. The third-order valence-corrected chi connectivity index (χ3v) is 3.88. The number of hydrogen-bond donors (Lipinski definition) is 2. The minimum atomic E-state index is 0. The van der Waals surface area contributed by atoms with Crippen LogP contribution in [0.3, 0.4) is 0 Å². The van der Waals surface area contributed by atoms with Crippen molar-refractivity contribution in [3.63, 3.8) is 0 Å². The molecule has 1 saturated heterocycles. The molecule has 1 amide bonds. The third kappa shape index (κ3) is 4.75. The first kappa shape index (κ1) is 15.7. The van der Waals surface area contributed by atoms with Crippen LogP contribution in [0, 0.1) is 5.92 Å². The average Bonchev–Trinajstić information content (AvgIpc) is 2.77. The van der Waals surface area contributed by atoms with E-state index in [4.69, 9.17) is 10.5 Å². The number of carbonyl (C=O) groups is 1. The van der Waals surface area contributed by atoms with E-state index in [9.17, 15) is 4.79 Å². The van der Waals surface area contributed by atoms with Gasteiger partial charge in [-0.15, -0.1) is 12.4 Å². The van der Waals surface area contributed by atoms with Gasteiger partial charge in [0.05, 0.1) is 6.10 Å². The van der Waals surface area contributed by atoms with Gasteiger partial charge in [0.15, 0.2) is 0 Å². The van der Waals surface area contributed by atoms with Gasteiger partial charge in [-0.05, 0) is 44.9 Å². The van der Waals surface area contributed by atoms with Crippen molar-refractivity contribution in [2.75, 3.05) is 13.2 Å². The highest BCUT2D eigenvalue weighted by molar-refractivity contribution is 5.85. The summed E-state index contributed by atoms with van der Waals surface area (Å²) in [5, 5.41) is 3.02. The van der Waals surface area contributed by atoms with Gasteiger partial charge >= 0.3 is 0 Å². The van der Waals surface area contributed by atoms with Gasteiger partial charge in [0.2, 0.25) is 5.91 Å². The van der Waals surface area contributed by atoms with Crippen LogP contribution in [0.15, 0.2) is 0 Å². The lowest BCUT2D eigenvalue weighted by molar-refractivity contribution is -0.125. The van der Waals surface area contributed by atoms with Crippen LogP contribution < -0.4 is 11.1 Å². The number of hydrogen-bond acceptors (Lipinski definition) is 3. The van der Waals surface area contributed by atoms with E-state index in [1.807, 2.05) is 0 Å². The zero-order chi connectivity index (χ0) is 12.1. The van der Waals surface area contributed by atoms with Crippen LogP contribution in [0.4, 0.5) is 0 Å². The zero-order valence-corrected chi connectivity index (χ0v) is 11.7. The van der Waals surface area contributed by atoms with E-state index in [0.717, 1.165) is 45.3 Å². The summed E-state index contributed by atoms with van der Waals surface area (Å²) in [5.41, 5.74) is 5.81. The van der Waals surface area contributed by atoms with Crippen LogP contribution in [0.25, 0.3) is 0 Å². The van der Waals surface area contributed by atoms with Gasteiger partial charge in [0, 0.05) is 25.1 Å². The molecule has 0 aromatic rings. The summed E-state index contributed by atoms with van der Waals surface area (Å²) >= 11 is 0. The Bertz CT molecular complexity index is 257. The predicted molar refractivity (Wildman–Crippen MR) is 73.8 cm³/mol. The molecule has 3 unspecified atom stereocenters. The zero-order valence-electron chi connectivity index (χ0n) is 10.9. The fourth-order valence-electron chi connectivity index (χ4n) is 2.79. The monoisotopic (exact) mass is 276 g/mol. The molecule has 1 saturated carbocycles. The molecule has 2 rings (SSSR count). The SMILES string of the molecule is Cl.NC1CCC(C(=O)NCCC2CCCCO2)C1. The van der Waals surface area contributed by atoms with E-state index in [-0.39, 0.29) is 30.3 Å². The maximum absolute atomic E-state index is 11.8. The lowest BCUT2D eigenvalue weighted by Gasteiger charge is -2.22. The minimum absolute atomic E-state index is 0. The summed E-state index contributed by atoms with van der Waals surface area (Å²) < 4.78 is 5.63. The first-order valence-corrected chi connectivity index (χ1v) is 6.90. The molecule has 0 radical (unpaired) electrons. The summed E-state index contributed by atoms with van der Waals surface area (Å²) in [7, 11) is 0. The fraction of sp³-hybridized carbons (Fsp3) is 0.923. The Labute approximate surface area is 115 Å². The fourth-order valence-corrected chi connectivity index (χ4v) is 2.79. The maximum Gasteiger partial charge on any atom is 0.223 e. The second-order valence-corrected chi connectivity index (χ2v) is 5.34. The topological polar surface area (TPSA) is 64.4 Å². The normalized spacial score (nSPS) is 31.7. The number of nitrogens with one attached hydrogen (secondary N) is 1. The number of amides is 1. The number of carbonyl (C=O) groups excluding carboxylic acids is 1. The lowest BCUT2D eigenvalue weighted by atomic mass is 10.1. The molecule has 4 nitrogen and oxygen atoms in total. The highest BCUT2D eigenvalue weighted by Crippen LogP contribution is 2.24. The number of rotatable bonds is 4. The Morgan fingerprint density at radius 3 is 2.72 bits per heavy atom. The average molecular weight is 277 g/mol. The van der Waals surface area contributed by atoms with Crippen molar-refractivity contribution < 1.29 is 9.53 Å². The Hall–Kier alpha value is -0.320. The first-order valence-electron chi connectivity index (χ1n) is 6.90. The van der Waals surface area contributed by atoms with Gasteiger partial charge < -0.3 is 15.8 Å². The molecule has 2 fully saturated rings. The van der Waals surface area contributed by atoms with Crippen molar-refractivity contribution in [2.45, 2.75) is 57.1 Å². The molecule has 3 N–H and O–H groups in total. The molecule has 1 heterocycles. The summed E-state index contributed by atoms with van der Waals surface area (Å²) in [4.78, 5) is 11.8. The molecule has 0 aromatic heterocycles. The van der Waals surface area contributed by atoms with E-state index >= 15 is 0 Å². The Morgan fingerprint density at radius 1 is 1.28 bits per heavy atom. The van der Waals surface area contributed by atoms with Crippen molar-refractivity contribution in [2.24, 2.45) is 11.7 Å². The Kier molecular flexibility index (Phi) is 6.97. The van der Waals surface area contributed by atoms with Crippen LogP contribution in [-0.2, 0) is 9.53 Å². The van der Waals surface area contributed by atoms with Gasteiger partial charge in [-0.1, -0.05) is 0 Å². The second kappa shape index (κ2) is 7.97. The summed E-state index contributed by atoms with van der Waals surface area (Å²) in [6.45, 7) is 1.63. The smallest absolute Gasteiger partial charge is 0.223 e. The van der Waals surface area contributed by atoms with Crippen molar-refractivity contribution in [1.29, 1.82) is 0 Å². The minimum Gasteiger partial charge on any atom is -0.378 e. The summed E-state index contributed by atoms with van der Waals surface area (Å²) in [5.74, 6) is 0.339. The molecular weight excluding hydrogens is 252 g/mol. The van der Waals surface area contributed by atoms with Crippen molar-refractivity contribution in [3.05, 3.63) is 0 Å². The van der Waals surface area contributed by atoms with Crippen LogP contribution in [0.5, 0.6) is 0 Å². The highest BCUT2D eigenvalue weighted by atomic mass is 35.5. The van der Waals surface area contributed by atoms with Crippen LogP contribution in [0.1, 0.15) is 44.9 Å². The largest absolute Gasteiger partial charge is 0.378 e. The van der Waals surface area contributed by atoms with Crippen LogP contribution in [0.2, 0.25) is 0 Å². The molecule has 0 bridgehead atoms. The lowest BCUT2D eigenvalue weighted by Crippen LogP contribution is -2.33. The summed E-state index contributed by atoms with van der Waals surface area (Å²) in [6.07, 6.45) is 7.69. The maximum atomic E-state index is 11.8. The van der Waals surface area contributed by atoms with Crippen LogP contribution in [-0.4, -0.2) is 31.2 Å². The molecule has 0 spiro atoms. The van der Waals surface area contributed by atoms with Crippen molar-refractivity contribution >= 4 is 18.3 Å². The summed E-state index contributed by atoms with van der Waals surface area (Å²) in [6, 6.07) is 0.229. The third-order valence-electron chi connectivity index (χ3n) is 3.88. The van der Waals surface area contributed by atoms with Crippen LogP contribution >= 0.6 is 12.4 Å². The quantitative estimate of drug-likeness (QED) is 0.820. The number of halogens is 1. The molecule has 106 valence electrons. The molecular formula is C13H25ClN2O2. The number of ether oxygens (including phenoxy) is 1. The van der Waals surface area contributed by atoms with Gasteiger partial charge in [-0.3, -0.25) is 4.79 Å². The Balaban J connectivity index is 0.00000162. The standard InChI is InChI=1S/C13H24N2O2.ClH/c14-11-5-4-10(9-11)13(16)15-7-6-12-3-1-2-8-17-12;/h10-12H,1-9,14H2,(H,15,16);1H. The van der Waals surface area contributed by atoms with E-state index in [1.165, 1.54) is 12.8 Å². The Morgan fingerprint density at radius 2 is 2.11 bits per heavy atom. The molecule has 1 aliphatic heterocycles. The van der Waals surface area contributed by atoms with E-state index in [1.54, 1.807) is 0 Å².